The van der Waals surface area contributed by atoms with Crippen LogP contribution < -0.4 is 5.56 Å². The Balaban J connectivity index is 2.23. The van der Waals surface area contributed by atoms with E-state index >= 15 is 0 Å². The molecule has 5 nitrogen and oxygen atoms in total. The summed E-state index contributed by atoms with van der Waals surface area (Å²) in [5.41, 5.74) is 4.09. The summed E-state index contributed by atoms with van der Waals surface area (Å²) in [5, 5.41) is 9.18. The highest BCUT2D eigenvalue weighted by Gasteiger charge is 2.11. The van der Waals surface area contributed by atoms with E-state index in [1.54, 1.807) is 13.1 Å². The first kappa shape index (κ1) is 12.6. The van der Waals surface area contributed by atoms with Gasteiger partial charge in [0.25, 0.3) is 5.56 Å². The van der Waals surface area contributed by atoms with E-state index in [-0.39, 0.29) is 12.2 Å². The maximum absolute atomic E-state index is 11.4. The monoisotopic (exact) mass is 269 g/mol. The third-order valence-corrected chi connectivity index (χ3v) is 3.47. The number of nitrogens with one attached hydrogen (secondary N) is 1. The summed E-state index contributed by atoms with van der Waals surface area (Å²) in [4.78, 5) is 18.7. The molecule has 3 rings (SSSR count). The Morgan fingerprint density at radius 2 is 2.15 bits per heavy atom. The molecule has 2 N–H and O–H groups in total. The van der Waals surface area contributed by atoms with E-state index in [0.717, 1.165) is 28.0 Å². The van der Waals surface area contributed by atoms with Gasteiger partial charge in [-0.3, -0.25) is 4.79 Å². The van der Waals surface area contributed by atoms with Gasteiger partial charge in [-0.25, -0.2) is 4.98 Å². The number of aliphatic hydroxyl groups is 1. The summed E-state index contributed by atoms with van der Waals surface area (Å²) in [6, 6.07) is 7.52. The van der Waals surface area contributed by atoms with Gasteiger partial charge in [0.1, 0.15) is 5.82 Å². The van der Waals surface area contributed by atoms with Crippen LogP contribution in [-0.4, -0.2) is 19.6 Å². The molecule has 102 valence electrons. The van der Waals surface area contributed by atoms with E-state index in [0.29, 0.717) is 5.56 Å². The lowest BCUT2D eigenvalue weighted by Crippen LogP contribution is -2.08. The number of hydrogen-bond donors (Lipinski definition) is 2. The minimum absolute atomic E-state index is 0.000385. The van der Waals surface area contributed by atoms with Crippen molar-refractivity contribution < 1.29 is 5.11 Å². The average molecular weight is 269 g/mol. The zero-order valence-electron chi connectivity index (χ0n) is 11.3. The number of benzene rings is 1. The SMILES string of the molecule is Cc1cc(-c2nc3cc(CO)ccc3n2C)c[nH]c1=O. The number of rotatable bonds is 2. The Kier molecular flexibility index (Phi) is 2.91. The van der Waals surface area contributed by atoms with Crippen molar-refractivity contribution in [3.8, 4) is 11.4 Å². The van der Waals surface area contributed by atoms with Crippen molar-refractivity contribution in [1.29, 1.82) is 0 Å². The number of aromatic amines is 1. The van der Waals surface area contributed by atoms with Crippen LogP contribution >= 0.6 is 0 Å². The second-order valence-electron chi connectivity index (χ2n) is 4.88. The molecule has 20 heavy (non-hydrogen) atoms. The van der Waals surface area contributed by atoms with Crippen LogP contribution in [0.2, 0.25) is 0 Å². The minimum atomic E-state index is -0.0879. The number of aliphatic hydroxyl groups excluding tert-OH is 1. The van der Waals surface area contributed by atoms with Crippen LogP contribution in [-0.2, 0) is 13.7 Å². The van der Waals surface area contributed by atoms with Crippen LogP contribution in [0.5, 0.6) is 0 Å². The molecule has 5 heteroatoms. The predicted octanol–water partition coefficient (Wildman–Crippen LogP) is 1.73. The third kappa shape index (κ3) is 1.92. The second kappa shape index (κ2) is 4.61. The van der Waals surface area contributed by atoms with Crippen molar-refractivity contribution in [2.24, 2.45) is 7.05 Å². The Hall–Kier alpha value is -2.40. The summed E-state index contributed by atoms with van der Waals surface area (Å²) in [6.07, 6.45) is 1.67. The van der Waals surface area contributed by atoms with Gasteiger partial charge in [-0.15, -0.1) is 0 Å². The van der Waals surface area contributed by atoms with Crippen LogP contribution in [0.1, 0.15) is 11.1 Å². The van der Waals surface area contributed by atoms with Gasteiger partial charge in [-0.1, -0.05) is 6.07 Å². The number of hydrogen-bond acceptors (Lipinski definition) is 3. The minimum Gasteiger partial charge on any atom is -0.392 e. The molecule has 0 aliphatic carbocycles. The molecule has 0 radical (unpaired) electrons. The van der Waals surface area contributed by atoms with Crippen LogP contribution in [0.15, 0.2) is 35.3 Å². The normalized spacial score (nSPS) is 11.2. The smallest absolute Gasteiger partial charge is 0.250 e. The Bertz CT molecular complexity index is 846. The Morgan fingerprint density at radius 1 is 1.35 bits per heavy atom. The molecule has 0 saturated carbocycles. The van der Waals surface area contributed by atoms with Gasteiger partial charge in [-0.2, -0.15) is 0 Å². The summed E-state index contributed by atoms with van der Waals surface area (Å²) >= 11 is 0. The number of H-pyrrole nitrogens is 1. The quantitative estimate of drug-likeness (QED) is 0.744. The van der Waals surface area contributed by atoms with Gasteiger partial charge in [-0.05, 0) is 30.7 Å². The van der Waals surface area contributed by atoms with E-state index in [2.05, 4.69) is 9.97 Å². The fourth-order valence-electron chi connectivity index (χ4n) is 2.33. The Morgan fingerprint density at radius 3 is 2.85 bits per heavy atom. The largest absolute Gasteiger partial charge is 0.392 e. The highest BCUT2D eigenvalue weighted by Crippen LogP contribution is 2.23. The zero-order valence-corrected chi connectivity index (χ0v) is 11.3. The molecule has 3 aromatic rings. The topological polar surface area (TPSA) is 70.9 Å². The summed E-state index contributed by atoms with van der Waals surface area (Å²) in [5.74, 6) is 0.787. The standard InChI is InChI=1S/C15H15N3O2/c1-9-5-11(7-16-15(9)20)14-17-12-6-10(8-19)3-4-13(12)18(14)2/h3-7,19H,8H2,1-2H3,(H,16,20). The van der Waals surface area contributed by atoms with Crippen LogP contribution in [0, 0.1) is 6.92 Å². The molecule has 0 fully saturated rings. The first-order chi connectivity index (χ1) is 9.60. The average Bonchev–Trinajstić information content (AvgIpc) is 2.78. The zero-order chi connectivity index (χ0) is 14.3. The van der Waals surface area contributed by atoms with Gasteiger partial charge in [0.2, 0.25) is 0 Å². The maximum Gasteiger partial charge on any atom is 0.250 e. The molecule has 1 aromatic carbocycles. The molecule has 2 aromatic heterocycles. The molecule has 0 unspecified atom stereocenters. The number of imidazole rings is 1. The Labute approximate surface area is 115 Å². The molecule has 0 atom stereocenters. The fourth-order valence-corrected chi connectivity index (χ4v) is 2.33. The molecule has 2 heterocycles. The first-order valence-electron chi connectivity index (χ1n) is 6.36. The first-order valence-corrected chi connectivity index (χ1v) is 6.36. The van der Waals surface area contributed by atoms with Gasteiger partial charge in [0.15, 0.2) is 0 Å². The molecule has 0 aliphatic rings. The highest BCUT2D eigenvalue weighted by atomic mass is 16.3. The van der Waals surface area contributed by atoms with Crippen LogP contribution in [0.25, 0.3) is 22.4 Å². The van der Waals surface area contributed by atoms with Gasteiger partial charge < -0.3 is 14.7 Å². The van der Waals surface area contributed by atoms with Crippen molar-refractivity contribution in [2.45, 2.75) is 13.5 Å². The third-order valence-electron chi connectivity index (χ3n) is 3.47. The highest BCUT2D eigenvalue weighted by molar-refractivity contribution is 5.81. The van der Waals surface area contributed by atoms with Gasteiger partial charge in [0.05, 0.1) is 17.6 Å². The molecule has 0 spiro atoms. The molecule has 0 bridgehead atoms. The molecular formula is C15H15N3O2. The lowest BCUT2D eigenvalue weighted by Gasteiger charge is -2.03. The van der Waals surface area contributed by atoms with E-state index in [4.69, 9.17) is 0 Å². The molecule has 0 saturated heterocycles. The summed E-state index contributed by atoms with van der Waals surface area (Å²) < 4.78 is 1.98. The second-order valence-corrected chi connectivity index (χ2v) is 4.88. The van der Waals surface area contributed by atoms with E-state index in [1.807, 2.05) is 35.9 Å². The van der Waals surface area contributed by atoms with Crippen molar-refractivity contribution in [2.75, 3.05) is 0 Å². The maximum atomic E-state index is 11.4. The van der Waals surface area contributed by atoms with Crippen molar-refractivity contribution >= 4 is 11.0 Å². The fraction of sp³-hybridized carbons (Fsp3) is 0.200. The van der Waals surface area contributed by atoms with Crippen molar-refractivity contribution in [1.82, 2.24) is 14.5 Å². The van der Waals surface area contributed by atoms with E-state index < -0.39 is 0 Å². The summed E-state index contributed by atoms with van der Waals surface area (Å²) in [7, 11) is 1.93. The number of aryl methyl sites for hydroxylation is 2. The lowest BCUT2D eigenvalue weighted by molar-refractivity contribution is 0.282. The number of pyridine rings is 1. The van der Waals surface area contributed by atoms with Gasteiger partial charge >= 0.3 is 0 Å². The molecular weight excluding hydrogens is 254 g/mol. The van der Waals surface area contributed by atoms with Crippen LogP contribution in [0.3, 0.4) is 0 Å². The number of nitrogens with zero attached hydrogens (tertiary/aromatic N) is 2. The molecule has 0 aliphatic heterocycles. The summed E-state index contributed by atoms with van der Waals surface area (Å²) in [6.45, 7) is 1.77. The van der Waals surface area contributed by atoms with E-state index in [1.165, 1.54) is 0 Å². The van der Waals surface area contributed by atoms with Gasteiger partial charge in [0, 0.05) is 24.4 Å². The molecule has 0 amide bonds. The predicted molar refractivity (Wildman–Crippen MR) is 77.4 cm³/mol. The van der Waals surface area contributed by atoms with E-state index in [9.17, 15) is 9.90 Å². The number of aromatic nitrogens is 3. The lowest BCUT2D eigenvalue weighted by atomic mass is 10.2. The van der Waals surface area contributed by atoms with Crippen molar-refractivity contribution in [3.63, 3.8) is 0 Å². The van der Waals surface area contributed by atoms with Crippen LogP contribution in [0.4, 0.5) is 0 Å². The van der Waals surface area contributed by atoms with Crippen molar-refractivity contribution in [3.05, 3.63) is 51.9 Å². The number of fused-ring (bicyclic) bond motifs is 1.